The van der Waals surface area contributed by atoms with Gasteiger partial charge in [-0.25, -0.2) is 0 Å². The van der Waals surface area contributed by atoms with E-state index in [1.165, 1.54) is 103 Å². The third kappa shape index (κ3) is 16.7. The van der Waals surface area contributed by atoms with Crippen molar-refractivity contribution in [2.75, 3.05) is 21.3 Å². The standard InChI is InChI=1S/C26H55O3Si/c1-7-8-9-10-11-12-13-14-15-16-17-18-19-21-26(24-25(2)3)22-20-23-30(27-4,28-5)29-6/h26H,7-24H2,1-6H3. The number of unbranched alkanes of at least 4 members (excludes halogenated alkanes) is 12. The van der Waals surface area contributed by atoms with Gasteiger partial charge in [-0.3, -0.25) is 0 Å². The maximum Gasteiger partial charge on any atom is 0.500 e. The van der Waals surface area contributed by atoms with E-state index in [0.717, 1.165) is 18.4 Å². The van der Waals surface area contributed by atoms with Crippen molar-refractivity contribution >= 4 is 8.80 Å². The molecule has 0 saturated carbocycles. The third-order valence-electron chi connectivity index (χ3n) is 6.44. The fraction of sp³-hybridized carbons (Fsp3) is 0.962. The maximum absolute atomic E-state index is 5.57. The monoisotopic (exact) mass is 443 g/mol. The highest BCUT2D eigenvalue weighted by molar-refractivity contribution is 6.60. The SMILES string of the molecule is CCCCCCCCCCCCCCCC(CCC[Si](OC)(OC)OC)C[C](C)C. The Morgan fingerprint density at radius 2 is 1.00 bits per heavy atom. The average Bonchev–Trinajstić information content (AvgIpc) is 2.74. The summed E-state index contributed by atoms with van der Waals surface area (Å²) < 4.78 is 16.7. The molecule has 0 aliphatic heterocycles. The molecule has 0 aromatic heterocycles. The molecular weight excluding hydrogens is 388 g/mol. The van der Waals surface area contributed by atoms with E-state index in [1.54, 1.807) is 27.2 Å². The summed E-state index contributed by atoms with van der Waals surface area (Å²) in [7, 11) is 2.75. The Hall–Kier alpha value is 0.0969. The van der Waals surface area contributed by atoms with Crippen LogP contribution in [0.1, 0.15) is 130 Å². The second-order valence-corrected chi connectivity index (χ2v) is 12.6. The van der Waals surface area contributed by atoms with Gasteiger partial charge in [0.15, 0.2) is 0 Å². The fourth-order valence-electron chi connectivity index (χ4n) is 4.54. The van der Waals surface area contributed by atoms with Crippen LogP contribution in [0.15, 0.2) is 0 Å². The molecule has 0 fully saturated rings. The van der Waals surface area contributed by atoms with E-state index < -0.39 is 8.80 Å². The highest BCUT2D eigenvalue weighted by atomic mass is 28.4. The summed E-state index contributed by atoms with van der Waals surface area (Å²) in [5.41, 5.74) is 0. The molecule has 0 N–H and O–H groups in total. The Labute approximate surface area is 191 Å². The number of rotatable bonds is 23. The van der Waals surface area contributed by atoms with Crippen LogP contribution in [0.2, 0.25) is 6.04 Å². The zero-order valence-electron chi connectivity index (χ0n) is 21.5. The lowest BCUT2D eigenvalue weighted by Gasteiger charge is -2.25. The van der Waals surface area contributed by atoms with Gasteiger partial charge in [-0.15, -0.1) is 0 Å². The van der Waals surface area contributed by atoms with Gasteiger partial charge < -0.3 is 13.3 Å². The summed E-state index contributed by atoms with van der Waals surface area (Å²) in [6.07, 6.45) is 23.6. The summed E-state index contributed by atoms with van der Waals surface area (Å²) in [5.74, 6) is 2.36. The van der Waals surface area contributed by atoms with Crippen LogP contribution in [0.3, 0.4) is 0 Å². The summed E-state index contributed by atoms with van der Waals surface area (Å²) in [5, 5.41) is 0. The molecule has 0 rings (SSSR count). The Kier molecular flexibility index (Phi) is 21.0. The fourth-order valence-corrected chi connectivity index (χ4v) is 6.29. The molecular formula is C26H55O3Si. The van der Waals surface area contributed by atoms with Crippen molar-refractivity contribution in [3.63, 3.8) is 0 Å². The van der Waals surface area contributed by atoms with E-state index in [9.17, 15) is 0 Å². The van der Waals surface area contributed by atoms with Crippen LogP contribution in [-0.4, -0.2) is 30.1 Å². The first kappa shape index (κ1) is 30.1. The van der Waals surface area contributed by atoms with Crippen molar-refractivity contribution in [2.45, 2.75) is 136 Å². The second-order valence-electron chi connectivity index (χ2n) is 9.50. The minimum atomic E-state index is -2.40. The smallest absolute Gasteiger partial charge is 0.377 e. The largest absolute Gasteiger partial charge is 0.500 e. The molecule has 0 aromatic rings. The Morgan fingerprint density at radius 1 is 0.600 bits per heavy atom. The predicted octanol–water partition coefficient (Wildman–Crippen LogP) is 8.75. The van der Waals surface area contributed by atoms with Crippen LogP contribution in [0.5, 0.6) is 0 Å². The van der Waals surface area contributed by atoms with Crippen molar-refractivity contribution in [1.29, 1.82) is 0 Å². The molecule has 0 bridgehead atoms. The van der Waals surface area contributed by atoms with E-state index in [2.05, 4.69) is 20.8 Å². The topological polar surface area (TPSA) is 27.7 Å². The van der Waals surface area contributed by atoms with Crippen molar-refractivity contribution in [3.05, 3.63) is 5.92 Å². The van der Waals surface area contributed by atoms with Crippen LogP contribution in [0.25, 0.3) is 0 Å². The van der Waals surface area contributed by atoms with Gasteiger partial charge >= 0.3 is 8.80 Å². The lowest BCUT2D eigenvalue weighted by atomic mass is 9.88. The summed E-state index contributed by atoms with van der Waals surface area (Å²) in [4.78, 5) is 0. The Morgan fingerprint density at radius 3 is 1.40 bits per heavy atom. The highest BCUT2D eigenvalue weighted by Crippen LogP contribution is 2.27. The molecule has 181 valence electrons. The van der Waals surface area contributed by atoms with Crippen LogP contribution in [0, 0.1) is 11.8 Å². The van der Waals surface area contributed by atoms with Crippen molar-refractivity contribution in [3.8, 4) is 0 Å². The van der Waals surface area contributed by atoms with Crippen LogP contribution < -0.4 is 0 Å². The van der Waals surface area contributed by atoms with Crippen LogP contribution in [-0.2, 0) is 13.3 Å². The quantitative estimate of drug-likeness (QED) is 0.117. The average molecular weight is 444 g/mol. The molecule has 0 spiro atoms. The van der Waals surface area contributed by atoms with Crippen LogP contribution in [0.4, 0.5) is 0 Å². The van der Waals surface area contributed by atoms with Gasteiger partial charge in [-0.2, -0.15) is 0 Å². The van der Waals surface area contributed by atoms with Crippen LogP contribution >= 0.6 is 0 Å². The molecule has 30 heavy (non-hydrogen) atoms. The molecule has 1 radical (unpaired) electrons. The zero-order chi connectivity index (χ0) is 22.5. The van der Waals surface area contributed by atoms with E-state index in [1.807, 2.05) is 0 Å². The summed E-state index contributed by atoms with van der Waals surface area (Å²) >= 11 is 0. The van der Waals surface area contributed by atoms with Gasteiger partial charge in [0.05, 0.1) is 0 Å². The van der Waals surface area contributed by atoms with Gasteiger partial charge in [-0.1, -0.05) is 117 Å². The zero-order valence-corrected chi connectivity index (χ0v) is 22.5. The first-order valence-electron chi connectivity index (χ1n) is 13.0. The number of hydrogen-bond donors (Lipinski definition) is 0. The van der Waals surface area contributed by atoms with Gasteiger partial charge in [0.1, 0.15) is 0 Å². The van der Waals surface area contributed by atoms with Crippen molar-refractivity contribution in [1.82, 2.24) is 0 Å². The van der Waals surface area contributed by atoms with Crippen molar-refractivity contribution in [2.24, 2.45) is 5.92 Å². The predicted molar refractivity (Wildman–Crippen MR) is 134 cm³/mol. The van der Waals surface area contributed by atoms with E-state index >= 15 is 0 Å². The first-order chi connectivity index (χ1) is 14.5. The third-order valence-corrected chi connectivity index (χ3v) is 9.27. The normalized spacial score (nSPS) is 13.3. The molecule has 0 aliphatic carbocycles. The summed E-state index contributed by atoms with van der Waals surface area (Å²) in [6, 6.07) is 0.925. The molecule has 1 atom stereocenters. The maximum atomic E-state index is 5.57. The molecule has 4 heteroatoms. The second kappa shape index (κ2) is 21.0. The minimum absolute atomic E-state index is 0.806. The van der Waals surface area contributed by atoms with Gasteiger partial charge in [0.2, 0.25) is 0 Å². The molecule has 0 heterocycles. The highest BCUT2D eigenvalue weighted by Gasteiger charge is 2.37. The van der Waals surface area contributed by atoms with E-state index in [4.69, 9.17) is 13.3 Å². The lowest BCUT2D eigenvalue weighted by molar-refractivity contribution is 0.122. The molecule has 3 nitrogen and oxygen atoms in total. The molecule has 0 saturated heterocycles. The summed E-state index contributed by atoms with van der Waals surface area (Å²) in [6.45, 7) is 6.84. The number of hydrogen-bond acceptors (Lipinski definition) is 3. The Bertz CT molecular complexity index is 337. The molecule has 1 unspecified atom stereocenters. The van der Waals surface area contributed by atoms with Crippen molar-refractivity contribution < 1.29 is 13.3 Å². The molecule has 0 aliphatic rings. The van der Waals surface area contributed by atoms with E-state index in [-0.39, 0.29) is 0 Å². The van der Waals surface area contributed by atoms with E-state index in [0.29, 0.717) is 0 Å². The Balaban J connectivity index is 3.78. The molecule has 0 amide bonds. The molecule has 0 aromatic carbocycles. The minimum Gasteiger partial charge on any atom is -0.377 e. The lowest BCUT2D eigenvalue weighted by Crippen LogP contribution is -2.42. The first-order valence-corrected chi connectivity index (χ1v) is 14.9. The van der Waals surface area contributed by atoms with Gasteiger partial charge in [0.25, 0.3) is 0 Å². The van der Waals surface area contributed by atoms with Gasteiger partial charge in [-0.05, 0) is 24.7 Å². The van der Waals surface area contributed by atoms with Gasteiger partial charge in [0, 0.05) is 27.4 Å².